The normalized spacial score (nSPS) is 12.0. The molecule has 0 aliphatic heterocycles. The lowest BCUT2D eigenvalue weighted by molar-refractivity contribution is -0.167. The molecule has 0 spiro atoms. The van der Waals surface area contributed by atoms with Gasteiger partial charge in [-0.1, -0.05) is 278 Å². The average molecular weight is 877 g/mol. The van der Waals surface area contributed by atoms with Crippen LogP contribution in [0.5, 0.6) is 0 Å². The van der Waals surface area contributed by atoms with Crippen LogP contribution >= 0.6 is 0 Å². The van der Waals surface area contributed by atoms with Crippen molar-refractivity contribution in [2.24, 2.45) is 5.92 Å². The minimum absolute atomic E-state index is 0.0626. The molecule has 0 radical (unpaired) electrons. The SMILES string of the molecule is CCCCCCCCCCCCCCCCCCCCC(=O)OC[C@@H](COC(=O)CCCCCCCCC)OC(=O)CCCCCCCCCCCCCCCCCCC(C)C. The maximum Gasteiger partial charge on any atom is 0.306 e. The van der Waals surface area contributed by atoms with Gasteiger partial charge in [0.15, 0.2) is 6.10 Å². The highest BCUT2D eigenvalue weighted by atomic mass is 16.6. The second-order valence-electron chi connectivity index (χ2n) is 19.7. The van der Waals surface area contributed by atoms with Gasteiger partial charge in [-0.3, -0.25) is 14.4 Å². The van der Waals surface area contributed by atoms with Crippen LogP contribution in [0.15, 0.2) is 0 Å². The van der Waals surface area contributed by atoms with Crippen molar-refractivity contribution in [3.63, 3.8) is 0 Å². The summed E-state index contributed by atoms with van der Waals surface area (Å²) in [5, 5.41) is 0. The Morgan fingerprint density at radius 3 is 0.790 bits per heavy atom. The first-order valence-corrected chi connectivity index (χ1v) is 27.9. The first-order chi connectivity index (χ1) is 30.4. The van der Waals surface area contributed by atoms with Crippen molar-refractivity contribution in [2.75, 3.05) is 13.2 Å². The second-order valence-corrected chi connectivity index (χ2v) is 19.7. The molecule has 0 amide bonds. The molecule has 0 aliphatic carbocycles. The van der Waals surface area contributed by atoms with Crippen molar-refractivity contribution < 1.29 is 28.6 Å². The summed E-state index contributed by atoms with van der Waals surface area (Å²) >= 11 is 0. The van der Waals surface area contributed by atoms with Gasteiger partial charge in [0.05, 0.1) is 0 Å². The molecule has 0 aromatic carbocycles. The molecule has 0 aromatic rings. The third-order valence-electron chi connectivity index (χ3n) is 12.8. The molecule has 6 nitrogen and oxygen atoms in total. The molecule has 0 aromatic heterocycles. The Kier molecular flexibility index (Phi) is 49.1. The molecule has 0 saturated carbocycles. The van der Waals surface area contributed by atoms with Crippen molar-refractivity contribution >= 4 is 17.9 Å². The molecule has 0 bridgehead atoms. The van der Waals surface area contributed by atoms with E-state index < -0.39 is 6.10 Å². The van der Waals surface area contributed by atoms with Gasteiger partial charge in [-0.05, 0) is 25.2 Å². The quantitative estimate of drug-likeness (QED) is 0.0344. The minimum Gasteiger partial charge on any atom is -0.462 e. The van der Waals surface area contributed by atoms with Gasteiger partial charge < -0.3 is 14.2 Å². The van der Waals surface area contributed by atoms with Crippen LogP contribution in [0, 0.1) is 5.92 Å². The topological polar surface area (TPSA) is 78.9 Å². The predicted octanol–water partition coefficient (Wildman–Crippen LogP) is 18.2. The zero-order valence-electron chi connectivity index (χ0n) is 42.3. The van der Waals surface area contributed by atoms with Crippen LogP contribution in [0.4, 0.5) is 0 Å². The van der Waals surface area contributed by atoms with E-state index in [0.717, 1.165) is 63.7 Å². The number of rotatable bonds is 51. The number of unbranched alkanes of at least 4 members (excludes halogenated alkanes) is 38. The van der Waals surface area contributed by atoms with Crippen molar-refractivity contribution in [1.82, 2.24) is 0 Å². The van der Waals surface area contributed by atoms with E-state index in [9.17, 15) is 14.4 Å². The van der Waals surface area contributed by atoms with Crippen molar-refractivity contribution in [3.8, 4) is 0 Å². The van der Waals surface area contributed by atoms with Gasteiger partial charge in [-0.25, -0.2) is 0 Å². The highest BCUT2D eigenvalue weighted by Crippen LogP contribution is 2.18. The Labute approximate surface area is 387 Å². The third kappa shape index (κ3) is 49.4. The summed E-state index contributed by atoms with van der Waals surface area (Å²) in [6.45, 7) is 9.02. The molecule has 6 heteroatoms. The smallest absolute Gasteiger partial charge is 0.306 e. The van der Waals surface area contributed by atoms with Crippen LogP contribution in [0.3, 0.4) is 0 Å². The Balaban J connectivity index is 4.15. The monoisotopic (exact) mass is 877 g/mol. The number of carbonyl (C=O) groups is 3. The highest BCUT2D eigenvalue weighted by Gasteiger charge is 2.19. The van der Waals surface area contributed by atoms with E-state index in [1.807, 2.05) is 0 Å². The zero-order chi connectivity index (χ0) is 45.2. The van der Waals surface area contributed by atoms with Crippen LogP contribution in [-0.4, -0.2) is 37.2 Å². The van der Waals surface area contributed by atoms with Gasteiger partial charge in [0.1, 0.15) is 13.2 Å². The summed E-state index contributed by atoms with van der Waals surface area (Å²) in [4.78, 5) is 37.9. The fraction of sp³-hybridized carbons (Fsp3) is 0.946. The van der Waals surface area contributed by atoms with Gasteiger partial charge in [0.2, 0.25) is 0 Å². The number of esters is 3. The van der Waals surface area contributed by atoms with Crippen LogP contribution in [-0.2, 0) is 28.6 Å². The van der Waals surface area contributed by atoms with Crippen molar-refractivity contribution in [1.29, 1.82) is 0 Å². The fourth-order valence-electron chi connectivity index (χ4n) is 8.57. The van der Waals surface area contributed by atoms with Crippen molar-refractivity contribution in [2.45, 2.75) is 323 Å². The van der Waals surface area contributed by atoms with Crippen molar-refractivity contribution in [3.05, 3.63) is 0 Å². The Hall–Kier alpha value is -1.59. The molecule has 0 heterocycles. The number of hydrogen-bond donors (Lipinski definition) is 0. The van der Waals surface area contributed by atoms with E-state index >= 15 is 0 Å². The molecule has 0 rings (SSSR count). The standard InChI is InChI=1S/C56H108O6/c1-5-7-9-11-13-14-15-16-17-18-19-23-26-29-32-36-40-44-48-55(58)61-51-53(50-60-54(57)47-43-39-34-12-10-8-6-2)62-56(59)49-45-41-37-33-30-27-24-21-20-22-25-28-31-35-38-42-46-52(3)4/h52-53H,5-51H2,1-4H3/t53-/m1/s1. The molecule has 0 N–H and O–H groups in total. The maximum atomic E-state index is 12.8. The lowest BCUT2D eigenvalue weighted by Crippen LogP contribution is -2.30. The van der Waals surface area contributed by atoms with E-state index in [1.54, 1.807) is 0 Å². The lowest BCUT2D eigenvalue weighted by atomic mass is 10.0. The molecule has 0 saturated heterocycles. The summed E-state index contributed by atoms with van der Waals surface area (Å²) in [5.74, 6) is 0.00584. The van der Waals surface area contributed by atoms with Gasteiger partial charge in [0, 0.05) is 19.3 Å². The van der Waals surface area contributed by atoms with E-state index in [1.165, 1.54) is 212 Å². The molecule has 0 fully saturated rings. The summed E-state index contributed by atoms with van der Waals surface area (Å²) in [6.07, 6.45) is 54.0. The summed E-state index contributed by atoms with van der Waals surface area (Å²) in [5.41, 5.74) is 0. The van der Waals surface area contributed by atoms with E-state index in [2.05, 4.69) is 27.7 Å². The average Bonchev–Trinajstić information content (AvgIpc) is 3.26. The highest BCUT2D eigenvalue weighted by molar-refractivity contribution is 5.71. The first kappa shape index (κ1) is 60.4. The molecular formula is C56H108O6. The molecule has 0 aliphatic rings. The van der Waals surface area contributed by atoms with Crippen LogP contribution < -0.4 is 0 Å². The Morgan fingerprint density at radius 2 is 0.532 bits per heavy atom. The Morgan fingerprint density at radius 1 is 0.306 bits per heavy atom. The van der Waals surface area contributed by atoms with Gasteiger partial charge >= 0.3 is 17.9 Å². The summed E-state index contributed by atoms with van der Waals surface area (Å²) < 4.78 is 16.8. The molecule has 368 valence electrons. The number of carbonyl (C=O) groups excluding carboxylic acids is 3. The Bertz CT molecular complexity index is 933. The third-order valence-corrected chi connectivity index (χ3v) is 12.8. The van der Waals surface area contributed by atoms with Gasteiger partial charge in [-0.15, -0.1) is 0 Å². The van der Waals surface area contributed by atoms with E-state index in [4.69, 9.17) is 14.2 Å². The number of ether oxygens (including phenoxy) is 3. The summed E-state index contributed by atoms with van der Waals surface area (Å²) in [6, 6.07) is 0. The van der Waals surface area contributed by atoms with Crippen LogP contribution in [0.1, 0.15) is 317 Å². The minimum atomic E-state index is -0.760. The van der Waals surface area contributed by atoms with Crippen LogP contribution in [0.2, 0.25) is 0 Å². The molecule has 0 unspecified atom stereocenters. The first-order valence-electron chi connectivity index (χ1n) is 27.9. The molecule has 1 atom stereocenters. The van der Waals surface area contributed by atoms with E-state index in [0.29, 0.717) is 19.3 Å². The largest absolute Gasteiger partial charge is 0.462 e. The zero-order valence-corrected chi connectivity index (χ0v) is 42.3. The molecule has 62 heavy (non-hydrogen) atoms. The van der Waals surface area contributed by atoms with Crippen LogP contribution in [0.25, 0.3) is 0 Å². The van der Waals surface area contributed by atoms with Gasteiger partial charge in [0.25, 0.3) is 0 Å². The van der Waals surface area contributed by atoms with E-state index in [-0.39, 0.29) is 31.1 Å². The second kappa shape index (κ2) is 50.4. The number of hydrogen-bond acceptors (Lipinski definition) is 6. The lowest BCUT2D eigenvalue weighted by Gasteiger charge is -2.18. The summed E-state index contributed by atoms with van der Waals surface area (Å²) in [7, 11) is 0. The fourth-order valence-corrected chi connectivity index (χ4v) is 8.57. The molecular weight excluding hydrogens is 769 g/mol. The maximum absolute atomic E-state index is 12.8. The van der Waals surface area contributed by atoms with Gasteiger partial charge in [-0.2, -0.15) is 0 Å². The predicted molar refractivity (Wildman–Crippen MR) is 266 cm³/mol.